The highest BCUT2D eigenvalue weighted by atomic mass is 19.4. The number of alkyl halides is 3. The van der Waals surface area contributed by atoms with Gasteiger partial charge in [0.25, 0.3) is 5.56 Å². The Balaban J connectivity index is 2.47. The molecule has 0 amide bonds. The van der Waals surface area contributed by atoms with Gasteiger partial charge in [0, 0.05) is 17.8 Å². The van der Waals surface area contributed by atoms with Crippen LogP contribution in [0.1, 0.15) is 11.1 Å². The molecule has 2 rings (SSSR count). The number of rotatable bonds is 3. The molecule has 1 aromatic heterocycles. The van der Waals surface area contributed by atoms with Crippen LogP contribution in [-0.4, -0.2) is 16.9 Å². The van der Waals surface area contributed by atoms with Gasteiger partial charge in [-0.2, -0.15) is 13.2 Å². The maximum Gasteiger partial charge on any atom is 0.416 e. The minimum absolute atomic E-state index is 0.00276. The Labute approximate surface area is 117 Å². The van der Waals surface area contributed by atoms with Crippen LogP contribution in [0.4, 0.5) is 18.9 Å². The summed E-state index contributed by atoms with van der Waals surface area (Å²) in [7, 11) is 1.35. The maximum absolute atomic E-state index is 13.0. The molecular weight excluding hydrogens is 287 g/mol. The summed E-state index contributed by atoms with van der Waals surface area (Å²) in [6.45, 7) is -0.328. The summed E-state index contributed by atoms with van der Waals surface area (Å²) in [5, 5.41) is 3.82. The van der Waals surface area contributed by atoms with Crippen LogP contribution >= 0.6 is 0 Å². The van der Waals surface area contributed by atoms with Crippen molar-refractivity contribution >= 4 is 5.69 Å². The summed E-state index contributed by atoms with van der Waals surface area (Å²) < 4.78 is 44.7. The van der Waals surface area contributed by atoms with Crippen LogP contribution in [0.3, 0.4) is 0 Å². The number of nitrogens with two attached hydrogens (primary N) is 1. The molecule has 0 atom stereocenters. The van der Waals surface area contributed by atoms with Gasteiger partial charge in [0.1, 0.15) is 0 Å². The third-order valence-electron chi connectivity index (χ3n) is 2.81. The summed E-state index contributed by atoms with van der Waals surface area (Å²) in [6, 6.07) is 5.92. The Morgan fingerprint density at radius 3 is 2.62 bits per heavy atom. The van der Waals surface area contributed by atoms with E-state index >= 15 is 0 Å². The minimum atomic E-state index is -4.56. The number of nitrogens with zero attached hydrogens (tertiary/aromatic N) is 2. The minimum Gasteiger partial charge on any atom is -0.480 e. The molecule has 8 heteroatoms. The van der Waals surface area contributed by atoms with Gasteiger partial charge in [0.2, 0.25) is 5.88 Å². The van der Waals surface area contributed by atoms with Crippen LogP contribution in [0.5, 0.6) is 5.88 Å². The van der Waals surface area contributed by atoms with Crippen molar-refractivity contribution in [3.63, 3.8) is 0 Å². The lowest BCUT2D eigenvalue weighted by atomic mass is 10.1. The third-order valence-corrected chi connectivity index (χ3v) is 2.81. The normalized spacial score (nSPS) is 11.4. The number of nitrogen functional groups attached to an aromatic ring is 1. The van der Waals surface area contributed by atoms with Crippen molar-refractivity contribution in [2.24, 2.45) is 0 Å². The Kier molecular flexibility index (Phi) is 3.88. The quantitative estimate of drug-likeness (QED) is 0.879. The Bertz CT molecular complexity index is 711. The van der Waals surface area contributed by atoms with Gasteiger partial charge in [0.05, 0.1) is 19.2 Å². The molecule has 0 aliphatic rings. The zero-order chi connectivity index (χ0) is 15.6. The first kappa shape index (κ1) is 14.9. The van der Waals surface area contributed by atoms with Crippen LogP contribution in [0.15, 0.2) is 35.1 Å². The highest BCUT2D eigenvalue weighted by Gasteiger charge is 2.33. The lowest BCUT2D eigenvalue weighted by molar-refractivity contribution is -0.138. The molecule has 5 nitrogen and oxygen atoms in total. The summed E-state index contributed by atoms with van der Waals surface area (Å²) in [5.41, 5.74) is 3.87. The van der Waals surface area contributed by atoms with Gasteiger partial charge in [-0.05, 0) is 17.7 Å². The van der Waals surface area contributed by atoms with Gasteiger partial charge < -0.3 is 10.5 Å². The summed E-state index contributed by atoms with van der Waals surface area (Å²) >= 11 is 0. The van der Waals surface area contributed by atoms with Crippen LogP contribution < -0.4 is 16.0 Å². The smallest absolute Gasteiger partial charge is 0.416 e. The second-order valence-electron chi connectivity index (χ2n) is 4.29. The van der Waals surface area contributed by atoms with Crippen LogP contribution in [0.2, 0.25) is 0 Å². The van der Waals surface area contributed by atoms with Crippen molar-refractivity contribution in [2.45, 2.75) is 12.7 Å². The van der Waals surface area contributed by atoms with Crippen molar-refractivity contribution < 1.29 is 17.9 Å². The maximum atomic E-state index is 13.0. The van der Waals surface area contributed by atoms with E-state index in [9.17, 15) is 18.0 Å². The number of methoxy groups -OCH3 is 1. The molecular formula is C13H12F3N3O2. The number of aromatic nitrogens is 2. The zero-order valence-electron chi connectivity index (χ0n) is 11.0. The summed E-state index contributed by atoms with van der Waals surface area (Å²) in [5.74, 6) is 0.138. The van der Waals surface area contributed by atoms with Crippen molar-refractivity contribution in [3.8, 4) is 5.88 Å². The van der Waals surface area contributed by atoms with Gasteiger partial charge in [-0.25, -0.2) is 4.68 Å². The second kappa shape index (κ2) is 5.47. The fraction of sp³-hybridized carbons (Fsp3) is 0.231. The van der Waals surface area contributed by atoms with Gasteiger partial charge in [-0.15, -0.1) is 5.10 Å². The highest BCUT2D eigenvalue weighted by molar-refractivity contribution is 5.46. The van der Waals surface area contributed by atoms with Crippen LogP contribution in [0, 0.1) is 0 Å². The second-order valence-corrected chi connectivity index (χ2v) is 4.29. The lowest BCUT2D eigenvalue weighted by Gasteiger charge is -2.14. The van der Waals surface area contributed by atoms with E-state index in [1.165, 1.54) is 31.4 Å². The Morgan fingerprint density at radius 1 is 1.29 bits per heavy atom. The van der Waals surface area contributed by atoms with Gasteiger partial charge in [-0.3, -0.25) is 4.79 Å². The molecule has 0 saturated carbocycles. The van der Waals surface area contributed by atoms with E-state index in [1.54, 1.807) is 0 Å². The third kappa shape index (κ3) is 3.33. The molecule has 0 spiro atoms. The van der Waals surface area contributed by atoms with E-state index in [-0.39, 0.29) is 23.7 Å². The molecule has 0 aliphatic carbocycles. The summed E-state index contributed by atoms with van der Waals surface area (Å²) in [4.78, 5) is 11.7. The van der Waals surface area contributed by atoms with Crippen LogP contribution in [-0.2, 0) is 12.7 Å². The predicted molar refractivity (Wildman–Crippen MR) is 70.0 cm³/mol. The number of hydrogen-bond acceptors (Lipinski definition) is 4. The molecule has 1 aromatic carbocycles. The van der Waals surface area contributed by atoms with E-state index in [1.807, 2.05) is 0 Å². The van der Waals surface area contributed by atoms with Gasteiger partial charge >= 0.3 is 6.18 Å². The molecule has 112 valence electrons. The van der Waals surface area contributed by atoms with Crippen LogP contribution in [0.25, 0.3) is 0 Å². The molecule has 0 bridgehead atoms. The van der Waals surface area contributed by atoms with E-state index in [0.29, 0.717) is 0 Å². The highest BCUT2D eigenvalue weighted by Crippen LogP contribution is 2.33. The van der Waals surface area contributed by atoms with E-state index in [2.05, 4.69) is 5.10 Å². The van der Waals surface area contributed by atoms with Crippen molar-refractivity contribution in [2.75, 3.05) is 12.8 Å². The molecule has 1 heterocycles. The fourth-order valence-corrected chi connectivity index (χ4v) is 1.81. The van der Waals surface area contributed by atoms with Crippen molar-refractivity contribution in [3.05, 3.63) is 51.8 Å². The first-order valence-electron chi connectivity index (χ1n) is 5.89. The number of hydrogen-bond donors (Lipinski definition) is 1. The van der Waals surface area contributed by atoms with Gasteiger partial charge in [-0.1, -0.05) is 6.07 Å². The fourth-order valence-electron chi connectivity index (χ4n) is 1.81. The number of ether oxygens (including phenoxy) is 1. The van der Waals surface area contributed by atoms with E-state index in [0.717, 1.165) is 10.7 Å². The van der Waals surface area contributed by atoms with E-state index in [4.69, 9.17) is 10.5 Å². The lowest BCUT2D eigenvalue weighted by Crippen LogP contribution is -2.24. The number of benzene rings is 1. The summed E-state index contributed by atoms with van der Waals surface area (Å²) in [6.07, 6.45) is -4.56. The predicted octanol–water partition coefficient (Wildman–Crippen LogP) is 1.90. The monoisotopic (exact) mass is 299 g/mol. The average molecular weight is 299 g/mol. The number of halogens is 3. The molecule has 21 heavy (non-hydrogen) atoms. The molecule has 2 aromatic rings. The van der Waals surface area contributed by atoms with Crippen molar-refractivity contribution in [1.82, 2.24) is 9.78 Å². The first-order valence-corrected chi connectivity index (χ1v) is 5.89. The van der Waals surface area contributed by atoms with Crippen molar-refractivity contribution in [1.29, 1.82) is 0 Å². The Morgan fingerprint density at radius 2 is 2.00 bits per heavy atom. The first-order chi connectivity index (χ1) is 9.81. The van der Waals surface area contributed by atoms with E-state index < -0.39 is 17.3 Å². The molecule has 0 aliphatic heterocycles. The van der Waals surface area contributed by atoms with Gasteiger partial charge in [0.15, 0.2) is 0 Å². The topological polar surface area (TPSA) is 70.1 Å². The molecule has 0 unspecified atom stereocenters. The molecule has 0 radical (unpaired) electrons. The SMILES string of the molecule is COc1ccc(=O)n(Cc2ccc(N)cc2C(F)(F)F)n1. The standard InChI is InChI=1S/C13H12F3N3O2/c1-21-11-4-5-12(20)19(18-11)7-8-2-3-9(17)6-10(8)13(14,15)16/h2-6H,7,17H2,1H3. The Hall–Kier alpha value is -2.51. The molecule has 2 N–H and O–H groups in total. The average Bonchev–Trinajstić information content (AvgIpc) is 2.42. The zero-order valence-corrected chi connectivity index (χ0v) is 11.0. The molecule has 0 fully saturated rings. The number of anilines is 1. The largest absolute Gasteiger partial charge is 0.480 e. The molecule has 0 saturated heterocycles.